The molecular weight excluding hydrogens is 290 g/mol. The predicted molar refractivity (Wildman–Crippen MR) is 78.6 cm³/mol. The van der Waals surface area contributed by atoms with Gasteiger partial charge in [-0.3, -0.25) is 4.79 Å². The SMILES string of the molecule is CCOC(=O)C1(COCc2ccccc2)CCC(F)(F)CC1. The fourth-order valence-electron chi connectivity index (χ4n) is 2.72. The van der Waals surface area contributed by atoms with Crippen molar-refractivity contribution in [2.75, 3.05) is 13.2 Å². The molecule has 22 heavy (non-hydrogen) atoms. The Labute approximate surface area is 129 Å². The van der Waals surface area contributed by atoms with E-state index < -0.39 is 17.3 Å². The molecule has 0 aromatic heterocycles. The first-order chi connectivity index (χ1) is 10.5. The molecule has 1 aromatic carbocycles. The van der Waals surface area contributed by atoms with Crippen LogP contribution in [0.1, 0.15) is 38.2 Å². The quantitative estimate of drug-likeness (QED) is 0.746. The van der Waals surface area contributed by atoms with Crippen LogP contribution in [0.2, 0.25) is 0 Å². The van der Waals surface area contributed by atoms with E-state index in [1.165, 1.54) is 0 Å². The zero-order valence-electron chi connectivity index (χ0n) is 12.8. The molecule has 1 fully saturated rings. The van der Waals surface area contributed by atoms with Gasteiger partial charge in [0.25, 0.3) is 0 Å². The van der Waals surface area contributed by atoms with E-state index in [1.807, 2.05) is 30.3 Å². The number of halogens is 2. The molecule has 0 amide bonds. The molecule has 0 heterocycles. The summed E-state index contributed by atoms with van der Waals surface area (Å²) in [6.07, 6.45) is -0.373. The summed E-state index contributed by atoms with van der Waals surface area (Å²) in [6, 6.07) is 9.56. The summed E-state index contributed by atoms with van der Waals surface area (Å²) < 4.78 is 37.5. The number of alkyl halides is 2. The number of esters is 1. The van der Waals surface area contributed by atoms with Gasteiger partial charge >= 0.3 is 5.97 Å². The molecule has 0 aliphatic heterocycles. The van der Waals surface area contributed by atoms with Gasteiger partial charge < -0.3 is 9.47 Å². The first-order valence-electron chi connectivity index (χ1n) is 7.64. The lowest BCUT2D eigenvalue weighted by molar-refractivity contribution is -0.169. The molecule has 0 radical (unpaired) electrons. The van der Waals surface area contributed by atoms with E-state index in [9.17, 15) is 13.6 Å². The van der Waals surface area contributed by atoms with Crippen LogP contribution >= 0.6 is 0 Å². The maximum absolute atomic E-state index is 13.4. The van der Waals surface area contributed by atoms with E-state index in [-0.39, 0.29) is 38.9 Å². The molecule has 0 spiro atoms. The molecule has 0 atom stereocenters. The lowest BCUT2D eigenvalue weighted by Gasteiger charge is -2.37. The van der Waals surface area contributed by atoms with E-state index >= 15 is 0 Å². The number of hydrogen-bond donors (Lipinski definition) is 0. The molecule has 1 aliphatic rings. The number of ether oxygens (including phenoxy) is 2. The molecule has 0 bridgehead atoms. The number of carbonyl (C=O) groups excluding carboxylic acids is 1. The summed E-state index contributed by atoms with van der Waals surface area (Å²) in [5.41, 5.74) is 0.0505. The Morgan fingerprint density at radius 3 is 2.36 bits per heavy atom. The molecule has 122 valence electrons. The molecule has 0 saturated heterocycles. The summed E-state index contributed by atoms with van der Waals surface area (Å²) >= 11 is 0. The van der Waals surface area contributed by atoms with Gasteiger partial charge in [-0.15, -0.1) is 0 Å². The fraction of sp³-hybridized carbons (Fsp3) is 0.588. The van der Waals surface area contributed by atoms with E-state index in [0.717, 1.165) is 5.56 Å². The number of hydrogen-bond acceptors (Lipinski definition) is 3. The van der Waals surface area contributed by atoms with Crippen LogP contribution in [0.5, 0.6) is 0 Å². The Kier molecular flexibility index (Phi) is 5.51. The minimum atomic E-state index is -2.69. The maximum atomic E-state index is 13.4. The summed E-state index contributed by atoms with van der Waals surface area (Å²) in [5, 5.41) is 0. The van der Waals surface area contributed by atoms with Crippen molar-refractivity contribution >= 4 is 5.97 Å². The van der Waals surface area contributed by atoms with Crippen LogP contribution < -0.4 is 0 Å². The molecule has 2 rings (SSSR count). The Hall–Kier alpha value is -1.49. The Balaban J connectivity index is 1.98. The van der Waals surface area contributed by atoms with E-state index in [4.69, 9.17) is 9.47 Å². The largest absolute Gasteiger partial charge is 0.465 e. The zero-order valence-corrected chi connectivity index (χ0v) is 12.8. The Bertz CT molecular complexity index is 478. The van der Waals surface area contributed by atoms with Crippen LogP contribution in [0, 0.1) is 5.41 Å². The van der Waals surface area contributed by atoms with Crippen molar-refractivity contribution in [2.45, 2.75) is 45.1 Å². The van der Waals surface area contributed by atoms with E-state index in [2.05, 4.69) is 0 Å². The molecule has 1 aromatic rings. The predicted octanol–water partition coefficient (Wildman–Crippen LogP) is 3.96. The second-order valence-corrected chi connectivity index (χ2v) is 5.84. The molecule has 5 heteroatoms. The summed E-state index contributed by atoms with van der Waals surface area (Å²) in [7, 11) is 0. The first-order valence-corrected chi connectivity index (χ1v) is 7.64. The topological polar surface area (TPSA) is 35.5 Å². The number of carbonyl (C=O) groups is 1. The smallest absolute Gasteiger partial charge is 0.314 e. The van der Waals surface area contributed by atoms with Crippen molar-refractivity contribution in [3.05, 3.63) is 35.9 Å². The van der Waals surface area contributed by atoms with Crippen LogP contribution in [0.3, 0.4) is 0 Å². The highest BCUT2D eigenvalue weighted by molar-refractivity contribution is 5.77. The third-order valence-electron chi connectivity index (χ3n) is 4.14. The Morgan fingerprint density at radius 2 is 1.77 bits per heavy atom. The molecular formula is C17H22F2O3. The van der Waals surface area contributed by atoms with E-state index in [0.29, 0.717) is 6.61 Å². The van der Waals surface area contributed by atoms with Gasteiger partial charge in [-0.2, -0.15) is 0 Å². The average Bonchev–Trinajstić information content (AvgIpc) is 2.50. The maximum Gasteiger partial charge on any atom is 0.314 e. The van der Waals surface area contributed by atoms with Crippen molar-refractivity contribution in [1.82, 2.24) is 0 Å². The summed E-state index contributed by atoms with van der Waals surface area (Å²) in [5.74, 6) is -3.10. The minimum absolute atomic E-state index is 0.105. The lowest BCUT2D eigenvalue weighted by atomic mass is 9.73. The van der Waals surface area contributed by atoms with Gasteiger partial charge in [0, 0.05) is 12.8 Å². The third kappa shape index (κ3) is 4.26. The molecule has 0 N–H and O–H groups in total. The number of rotatable bonds is 6. The van der Waals surface area contributed by atoms with E-state index in [1.54, 1.807) is 6.92 Å². The van der Waals surface area contributed by atoms with Crippen LogP contribution in [0.4, 0.5) is 8.78 Å². The van der Waals surface area contributed by atoms with Gasteiger partial charge in [0.2, 0.25) is 5.92 Å². The average molecular weight is 312 g/mol. The van der Waals surface area contributed by atoms with Gasteiger partial charge in [-0.05, 0) is 25.3 Å². The minimum Gasteiger partial charge on any atom is -0.465 e. The van der Waals surface area contributed by atoms with Gasteiger partial charge in [-0.1, -0.05) is 30.3 Å². The molecule has 1 aliphatic carbocycles. The van der Waals surface area contributed by atoms with Gasteiger partial charge in [-0.25, -0.2) is 8.78 Å². The van der Waals surface area contributed by atoms with Crippen molar-refractivity contribution < 1.29 is 23.0 Å². The van der Waals surface area contributed by atoms with Crippen LogP contribution in [-0.4, -0.2) is 25.1 Å². The molecule has 1 saturated carbocycles. The first kappa shape index (κ1) is 16.9. The van der Waals surface area contributed by atoms with Gasteiger partial charge in [0.15, 0.2) is 0 Å². The van der Waals surface area contributed by atoms with Gasteiger partial charge in [0.1, 0.15) is 0 Å². The zero-order chi connectivity index (χ0) is 16.1. The fourth-order valence-corrected chi connectivity index (χ4v) is 2.72. The van der Waals surface area contributed by atoms with Crippen molar-refractivity contribution in [2.24, 2.45) is 5.41 Å². The normalized spacial score (nSPS) is 19.6. The lowest BCUT2D eigenvalue weighted by Crippen LogP contribution is -2.43. The second kappa shape index (κ2) is 7.18. The van der Waals surface area contributed by atoms with Crippen molar-refractivity contribution in [3.8, 4) is 0 Å². The van der Waals surface area contributed by atoms with Crippen molar-refractivity contribution in [1.29, 1.82) is 0 Å². The molecule has 3 nitrogen and oxygen atoms in total. The monoisotopic (exact) mass is 312 g/mol. The summed E-state index contributed by atoms with van der Waals surface area (Å²) in [6.45, 7) is 2.44. The summed E-state index contributed by atoms with van der Waals surface area (Å²) in [4.78, 5) is 12.2. The van der Waals surface area contributed by atoms with Crippen LogP contribution in [0.15, 0.2) is 30.3 Å². The third-order valence-corrected chi connectivity index (χ3v) is 4.14. The van der Waals surface area contributed by atoms with Gasteiger partial charge in [0.05, 0.1) is 25.2 Å². The standard InChI is InChI=1S/C17H22F2O3/c1-2-22-15(20)16(8-10-17(18,19)11-9-16)13-21-12-14-6-4-3-5-7-14/h3-7H,2,8-13H2,1H3. The van der Waals surface area contributed by atoms with Crippen LogP contribution in [-0.2, 0) is 20.9 Å². The highest BCUT2D eigenvalue weighted by Crippen LogP contribution is 2.44. The second-order valence-electron chi connectivity index (χ2n) is 5.84. The molecule has 0 unspecified atom stereocenters. The highest BCUT2D eigenvalue weighted by Gasteiger charge is 2.49. The highest BCUT2D eigenvalue weighted by atomic mass is 19.3. The van der Waals surface area contributed by atoms with Crippen molar-refractivity contribution in [3.63, 3.8) is 0 Å². The number of benzene rings is 1. The Morgan fingerprint density at radius 1 is 1.14 bits per heavy atom. The van der Waals surface area contributed by atoms with Crippen LogP contribution in [0.25, 0.3) is 0 Å².